The third kappa shape index (κ3) is 4.85. The lowest BCUT2D eigenvalue weighted by Crippen LogP contribution is -2.20. The van der Waals surface area contributed by atoms with Crippen LogP contribution >= 0.6 is 0 Å². The van der Waals surface area contributed by atoms with Crippen LogP contribution in [0.1, 0.15) is 29.3 Å². The number of benzene rings is 1. The van der Waals surface area contributed by atoms with Crippen LogP contribution in [0.2, 0.25) is 0 Å². The quantitative estimate of drug-likeness (QED) is 0.782. The summed E-state index contributed by atoms with van der Waals surface area (Å²) in [5.74, 6) is -0.498. The first-order valence-corrected chi connectivity index (χ1v) is 7.47. The van der Waals surface area contributed by atoms with Crippen molar-refractivity contribution in [1.82, 2.24) is 0 Å². The van der Waals surface area contributed by atoms with E-state index < -0.39 is 15.7 Å². The molecule has 1 amide bonds. The van der Waals surface area contributed by atoms with Gasteiger partial charge in [-0.05, 0) is 31.0 Å². The number of amides is 1. The lowest BCUT2D eigenvalue weighted by Gasteiger charge is -2.07. The number of nitrogens with two attached hydrogens (primary N) is 2. The minimum Gasteiger partial charge on any atom is -0.366 e. The Hall–Kier alpha value is -1.40. The summed E-state index contributed by atoms with van der Waals surface area (Å²) in [6, 6.07) is 6.13. The molecule has 0 bridgehead atoms. The second-order valence-electron chi connectivity index (χ2n) is 4.42. The molecular weight excluding hydrogens is 252 g/mol. The predicted octanol–water partition coefficient (Wildman–Crippen LogP) is 0.438. The molecule has 1 aromatic rings. The van der Waals surface area contributed by atoms with Crippen LogP contribution in [0.25, 0.3) is 0 Å². The maximum atomic E-state index is 11.8. The largest absolute Gasteiger partial charge is 0.366 e. The summed E-state index contributed by atoms with van der Waals surface area (Å²) in [5.41, 5.74) is 11.6. The van der Waals surface area contributed by atoms with Gasteiger partial charge in [-0.2, -0.15) is 0 Å². The molecule has 4 N–H and O–H groups in total. The molecule has 0 fully saturated rings. The average molecular weight is 270 g/mol. The van der Waals surface area contributed by atoms with E-state index in [0.29, 0.717) is 17.5 Å². The molecule has 1 atom stereocenters. The molecule has 5 nitrogen and oxygen atoms in total. The summed E-state index contributed by atoms with van der Waals surface area (Å²) in [4.78, 5) is 10.9. The van der Waals surface area contributed by atoms with Gasteiger partial charge in [-0.1, -0.05) is 12.1 Å². The summed E-state index contributed by atoms with van der Waals surface area (Å²) in [5, 5.41) is 0. The van der Waals surface area contributed by atoms with Gasteiger partial charge < -0.3 is 11.5 Å². The van der Waals surface area contributed by atoms with Gasteiger partial charge in [-0.15, -0.1) is 0 Å². The molecule has 0 aliphatic rings. The molecule has 18 heavy (non-hydrogen) atoms. The van der Waals surface area contributed by atoms with Crippen LogP contribution in [0.4, 0.5) is 0 Å². The molecule has 0 saturated heterocycles. The molecule has 0 spiro atoms. The maximum Gasteiger partial charge on any atom is 0.248 e. The van der Waals surface area contributed by atoms with Crippen molar-refractivity contribution in [3.05, 3.63) is 35.4 Å². The molecule has 0 radical (unpaired) electrons. The standard InChI is InChI=1S/C12H18N2O3S/c1-9(13)6-7-18(16,17)8-10-2-4-11(5-3-10)12(14)15/h2-5,9H,6-8,13H2,1H3,(H2,14,15). The minimum absolute atomic E-state index is 0.0429. The molecule has 0 aromatic heterocycles. The maximum absolute atomic E-state index is 11.8. The SMILES string of the molecule is CC(N)CCS(=O)(=O)Cc1ccc(C(N)=O)cc1. The smallest absolute Gasteiger partial charge is 0.248 e. The summed E-state index contributed by atoms with van der Waals surface area (Å²) in [6.07, 6.45) is 0.446. The fourth-order valence-electron chi connectivity index (χ4n) is 1.46. The highest BCUT2D eigenvalue weighted by molar-refractivity contribution is 7.90. The monoisotopic (exact) mass is 270 g/mol. The Morgan fingerprint density at radius 2 is 1.83 bits per heavy atom. The number of sulfone groups is 1. The van der Waals surface area contributed by atoms with Gasteiger partial charge in [0, 0.05) is 11.6 Å². The van der Waals surface area contributed by atoms with E-state index in [1.165, 1.54) is 12.1 Å². The van der Waals surface area contributed by atoms with Gasteiger partial charge >= 0.3 is 0 Å². The first-order chi connectivity index (χ1) is 8.30. The molecule has 6 heteroatoms. The van der Waals surface area contributed by atoms with Gasteiger partial charge in [-0.25, -0.2) is 8.42 Å². The van der Waals surface area contributed by atoms with Crippen LogP contribution in [0.5, 0.6) is 0 Å². The van der Waals surface area contributed by atoms with E-state index in [1.807, 2.05) is 0 Å². The molecule has 1 rings (SSSR count). The number of primary amides is 1. The normalized spacial score (nSPS) is 13.2. The van der Waals surface area contributed by atoms with Crippen LogP contribution < -0.4 is 11.5 Å². The zero-order chi connectivity index (χ0) is 13.8. The number of carbonyl (C=O) groups excluding carboxylic acids is 1. The number of hydrogen-bond donors (Lipinski definition) is 2. The van der Waals surface area contributed by atoms with Crippen molar-refractivity contribution in [3.63, 3.8) is 0 Å². The first kappa shape index (κ1) is 14.7. The van der Waals surface area contributed by atoms with E-state index in [0.717, 1.165) is 0 Å². The van der Waals surface area contributed by atoms with Gasteiger partial charge in [0.05, 0.1) is 11.5 Å². The Labute approximate surface area is 107 Å². The van der Waals surface area contributed by atoms with Crippen molar-refractivity contribution in [2.24, 2.45) is 11.5 Å². The molecule has 100 valence electrons. The van der Waals surface area contributed by atoms with Gasteiger partial charge in [0.25, 0.3) is 0 Å². The Bertz CT molecular complexity index is 507. The highest BCUT2D eigenvalue weighted by atomic mass is 32.2. The summed E-state index contributed by atoms with van der Waals surface area (Å²) in [7, 11) is -3.16. The molecule has 1 aromatic carbocycles. The van der Waals surface area contributed by atoms with Crippen LogP contribution in [0.15, 0.2) is 24.3 Å². The molecule has 0 saturated carbocycles. The second-order valence-corrected chi connectivity index (χ2v) is 6.60. The first-order valence-electron chi connectivity index (χ1n) is 5.65. The third-order valence-corrected chi connectivity index (χ3v) is 4.14. The second kappa shape index (κ2) is 5.97. The van der Waals surface area contributed by atoms with Crippen molar-refractivity contribution >= 4 is 15.7 Å². The number of rotatable bonds is 6. The van der Waals surface area contributed by atoms with Gasteiger partial charge in [0.2, 0.25) is 5.91 Å². The average Bonchev–Trinajstić information content (AvgIpc) is 2.27. The van der Waals surface area contributed by atoms with Crippen molar-refractivity contribution in [3.8, 4) is 0 Å². The topological polar surface area (TPSA) is 103 Å². The van der Waals surface area contributed by atoms with Crippen LogP contribution in [-0.2, 0) is 15.6 Å². The highest BCUT2D eigenvalue weighted by Gasteiger charge is 2.13. The summed E-state index contributed by atoms with van der Waals surface area (Å²) in [6.45, 7) is 1.77. The lowest BCUT2D eigenvalue weighted by molar-refractivity contribution is 0.100. The van der Waals surface area contributed by atoms with Crippen LogP contribution in [0.3, 0.4) is 0 Å². The van der Waals surface area contributed by atoms with E-state index in [1.54, 1.807) is 19.1 Å². The zero-order valence-corrected chi connectivity index (χ0v) is 11.1. The van der Waals surface area contributed by atoms with Crippen LogP contribution in [0, 0.1) is 0 Å². The highest BCUT2D eigenvalue weighted by Crippen LogP contribution is 2.10. The van der Waals surface area contributed by atoms with Crippen molar-refractivity contribution in [2.45, 2.75) is 25.1 Å². The fourth-order valence-corrected chi connectivity index (χ4v) is 3.03. The molecule has 0 aliphatic carbocycles. The van der Waals surface area contributed by atoms with E-state index in [4.69, 9.17) is 11.5 Å². The molecule has 0 aliphatic heterocycles. The number of carbonyl (C=O) groups is 1. The van der Waals surface area contributed by atoms with Crippen LogP contribution in [-0.4, -0.2) is 26.1 Å². The predicted molar refractivity (Wildman–Crippen MR) is 70.7 cm³/mol. The fraction of sp³-hybridized carbons (Fsp3) is 0.417. The Morgan fingerprint density at radius 3 is 2.28 bits per heavy atom. The third-order valence-electron chi connectivity index (χ3n) is 2.51. The lowest BCUT2D eigenvalue weighted by atomic mass is 10.1. The Morgan fingerprint density at radius 1 is 1.28 bits per heavy atom. The van der Waals surface area contributed by atoms with E-state index in [9.17, 15) is 13.2 Å². The van der Waals surface area contributed by atoms with Gasteiger partial charge in [0.1, 0.15) is 0 Å². The van der Waals surface area contributed by atoms with Crippen molar-refractivity contribution in [1.29, 1.82) is 0 Å². The molecule has 1 unspecified atom stereocenters. The summed E-state index contributed by atoms with van der Waals surface area (Å²) < 4.78 is 23.6. The van der Waals surface area contributed by atoms with Gasteiger partial charge in [-0.3, -0.25) is 4.79 Å². The Kier molecular flexibility index (Phi) is 4.86. The molecule has 0 heterocycles. The van der Waals surface area contributed by atoms with E-state index in [2.05, 4.69) is 0 Å². The van der Waals surface area contributed by atoms with Gasteiger partial charge in [0.15, 0.2) is 9.84 Å². The van der Waals surface area contributed by atoms with Crippen molar-refractivity contribution < 1.29 is 13.2 Å². The van der Waals surface area contributed by atoms with Crippen molar-refractivity contribution in [2.75, 3.05) is 5.75 Å². The number of hydrogen-bond acceptors (Lipinski definition) is 4. The van der Waals surface area contributed by atoms with E-state index >= 15 is 0 Å². The minimum atomic E-state index is -3.16. The summed E-state index contributed by atoms with van der Waals surface area (Å²) >= 11 is 0. The Balaban J connectivity index is 2.69. The zero-order valence-electron chi connectivity index (χ0n) is 10.3. The van der Waals surface area contributed by atoms with E-state index in [-0.39, 0.29) is 17.5 Å². The molecular formula is C12H18N2O3S.